The molecule has 0 saturated carbocycles. The summed E-state index contributed by atoms with van der Waals surface area (Å²) >= 11 is 0. The van der Waals surface area contributed by atoms with Gasteiger partial charge in [-0.2, -0.15) is 0 Å². The van der Waals surface area contributed by atoms with Gasteiger partial charge in [0, 0.05) is 44.2 Å². The van der Waals surface area contributed by atoms with Gasteiger partial charge in [0.1, 0.15) is 0 Å². The van der Waals surface area contributed by atoms with Gasteiger partial charge in [0.05, 0.1) is 0 Å². The Bertz CT molecular complexity index is 922. The van der Waals surface area contributed by atoms with Crippen molar-refractivity contribution in [3.05, 3.63) is 71.3 Å². The molecule has 5 heteroatoms. The average molecular weight is 448 g/mol. The maximum atomic E-state index is 12.5. The largest absolute Gasteiger partial charge is 0.352 e. The Morgan fingerprint density at radius 2 is 1.58 bits per heavy atom. The smallest absolute Gasteiger partial charge is 0.220 e. The number of nitrogens with zero attached hydrogens (tertiary/aromatic N) is 2. The Labute approximate surface area is 198 Å². The molecule has 0 bridgehead atoms. The SMILES string of the molecule is CC(=O)c1cccc(CN2CCC(CCC(=O)NC3CCN(Cc4ccccc4)C3)CC2)c1. The molecule has 1 unspecified atom stereocenters. The van der Waals surface area contributed by atoms with E-state index in [1.807, 2.05) is 18.2 Å². The summed E-state index contributed by atoms with van der Waals surface area (Å²) in [6, 6.07) is 18.8. The monoisotopic (exact) mass is 447 g/mol. The lowest BCUT2D eigenvalue weighted by molar-refractivity contribution is -0.122. The Kier molecular flexibility index (Phi) is 8.30. The fourth-order valence-corrected chi connectivity index (χ4v) is 5.15. The molecule has 0 aliphatic carbocycles. The van der Waals surface area contributed by atoms with Gasteiger partial charge in [0.15, 0.2) is 5.78 Å². The van der Waals surface area contributed by atoms with Gasteiger partial charge < -0.3 is 5.32 Å². The van der Waals surface area contributed by atoms with Crippen molar-refractivity contribution in [1.29, 1.82) is 0 Å². The Hall–Kier alpha value is -2.50. The van der Waals surface area contributed by atoms with E-state index in [2.05, 4.69) is 51.5 Å². The lowest BCUT2D eigenvalue weighted by Gasteiger charge is -2.32. The molecular formula is C28H37N3O2. The molecular weight excluding hydrogens is 410 g/mol. The second-order valence-electron chi connectivity index (χ2n) is 9.79. The van der Waals surface area contributed by atoms with Crippen molar-refractivity contribution < 1.29 is 9.59 Å². The van der Waals surface area contributed by atoms with E-state index < -0.39 is 0 Å². The minimum absolute atomic E-state index is 0.121. The van der Waals surface area contributed by atoms with Crippen LogP contribution in [0, 0.1) is 5.92 Å². The summed E-state index contributed by atoms with van der Waals surface area (Å²) in [6.45, 7) is 7.60. The van der Waals surface area contributed by atoms with Crippen LogP contribution in [0.5, 0.6) is 0 Å². The highest BCUT2D eigenvalue weighted by Crippen LogP contribution is 2.23. The molecule has 0 aromatic heterocycles. The van der Waals surface area contributed by atoms with Gasteiger partial charge in [-0.25, -0.2) is 0 Å². The summed E-state index contributed by atoms with van der Waals surface area (Å²) in [5.41, 5.74) is 3.33. The summed E-state index contributed by atoms with van der Waals surface area (Å²) in [5, 5.41) is 3.27. The number of hydrogen-bond acceptors (Lipinski definition) is 4. The molecule has 33 heavy (non-hydrogen) atoms. The molecule has 2 aromatic rings. The fourth-order valence-electron chi connectivity index (χ4n) is 5.15. The first-order valence-corrected chi connectivity index (χ1v) is 12.4. The van der Waals surface area contributed by atoms with Crippen molar-refractivity contribution >= 4 is 11.7 Å². The third-order valence-corrected chi connectivity index (χ3v) is 7.11. The number of piperidine rings is 1. The number of rotatable bonds is 9. The van der Waals surface area contributed by atoms with Crippen LogP contribution in [0.15, 0.2) is 54.6 Å². The Morgan fingerprint density at radius 1 is 0.879 bits per heavy atom. The number of carbonyl (C=O) groups excluding carboxylic acids is 2. The maximum absolute atomic E-state index is 12.5. The number of benzene rings is 2. The van der Waals surface area contributed by atoms with E-state index in [4.69, 9.17) is 0 Å². The molecule has 2 aromatic carbocycles. The molecule has 5 nitrogen and oxygen atoms in total. The summed E-state index contributed by atoms with van der Waals surface area (Å²) < 4.78 is 0. The molecule has 1 amide bonds. The zero-order valence-corrected chi connectivity index (χ0v) is 19.8. The van der Waals surface area contributed by atoms with Crippen LogP contribution in [0.4, 0.5) is 0 Å². The van der Waals surface area contributed by atoms with Crippen molar-refractivity contribution in [2.45, 2.75) is 58.2 Å². The van der Waals surface area contributed by atoms with Gasteiger partial charge >= 0.3 is 0 Å². The second kappa shape index (κ2) is 11.6. The fraction of sp³-hybridized carbons (Fsp3) is 0.500. The first-order chi connectivity index (χ1) is 16.0. The minimum atomic E-state index is 0.121. The van der Waals surface area contributed by atoms with E-state index in [-0.39, 0.29) is 17.7 Å². The highest BCUT2D eigenvalue weighted by molar-refractivity contribution is 5.94. The third kappa shape index (κ3) is 7.24. The van der Waals surface area contributed by atoms with Crippen LogP contribution in [-0.4, -0.2) is 53.7 Å². The first-order valence-electron chi connectivity index (χ1n) is 12.4. The molecule has 176 valence electrons. The Morgan fingerprint density at radius 3 is 2.33 bits per heavy atom. The van der Waals surface area contributed by atoms with Gasteiger partial charge in [-0.1, -0.05) is 48.5 Å². The minimum Gasteiger partial charge on any atom is -0.352 e. The highest BCUT2D eigenvalue weighted by atomic mass is 16.1. The summed E-state index contributed by atoms with van der Waals surface area (Å²) in [4.78, 5) is 29.0. The molecule has 2 heterocycles. The average Bonchev–Trinajstić information content (AvgIpc) is 3.26. The van der Waals surface area contributed by atoms with Crippen LogP contribution < -0.4 is 5.32 Å². The summed E-state index contributed by atoms with van der Waals surface area (Å²) in [7, 11) is 0. The molecule has 2 fully saturated rings. The number of Topliss-reactive ketones (excluding diaryl/α,β-unsaturated/α-hetero) is 1. The van der Waals surface area contributed by atoms with Crippen LogP contribution >= 0.6 is 0 Å². The van der Waals surface area contributed by atoms with E-state index in [1.165, 1.54) is 11.1 Å². The van der Waals surface area contributed by atoms with Crippen LogP contribution in [0.2, 0.25) is 0 Å². The molecule has 2 aliphatic heterocycles. The van der Waals surface area contributed by atoms with E-state index in [0.29, 0.717) is 12.3 Å². The Balaban J connectivity index is 1.12. The summed E-state index contributed by atoms with van der Waals surface area (Å²) in [6.07, 6.45) is 4.96. The zero-order chi connectivity index (χ0) is 23.0. The predicted molar refractivity (Wildman–Crippen MR) is 132 cm³/mol. The van der Waals surface area contributed by atoms with Crippen molar-refractivity contribution in [3.8, 4) is 0 Å². The van der Waals surface area contributed by atoms with E-state index in [9.17, 15) is 9.59 Å². The summed E-state index contributed by atoms with van der Waals surface area (Å²) in [5.74, 6) is 0.967. The third-order valence-electron chi connectivity index (χ3n) is 7.11. The highest BCUT2D eigenvalue weighted by Gasteiger charge is 2.25. The molecule has 0 spiro atoms. The van der Waals surface area contributed by atoms with Crippen LogP contribution in [-0.2, 0) is 17.9 Å². The number of likely N-dealkylation sites (tertiary alicyclic amines) is 2. The van der Waals surface area contributed by atoms with Gasteiger partial charge in [0.2, 0.25) is 5.91 Å². The van der Waals surface area contributed by atoms with Crippen molar-refractivity contribution in [2.24, 2.45) is 5.92 Å². The van der Waals surface area contributed by atoms with Crippen LogP contribution in [0.3, 0.4) is 0 Å². The first kappa shape index (κ1) is 23.7. The molecule has 1 N–H and O–H groups in total. The maximum Gasteiger partial charge on any atom is 0.220 e. The predicted octanol–water partition coefficient (Wildman–Crippen LogP) is 4.27. The van der Waals surface area contributed by atoms with Crippen LogP contribution in [0.1, 0.15) is 60.5 Å². The standard InChI is InChI=1S/C28H37N3O2/c1-22(32)26-9-5-8-25(18-26)20-30-15-12-23(13-16-30)10-11-28(33)29-27-14-17-31(21-27)19-24-6-3-2-4-7-24/h2-9,18,23,27H,10-17,19-21H2,1H3,(H,29,33). The van der Waals surface area contributed by atoms with Gasteiger partial charge in [0.25, 0.3) is 0 Å². The van der Waals surface area contributed by atoms with Gasteiger partial charge in [-0.3, -0.25) is 19.4 Å². The zero-order valence-electron chi connectivity index (χ0n) is 19.8. The normalized spacial score (nSPS) is 20.1. The molecule has 2 saturated heterocycles. The molecule has 4 rings (SSSR count). The van der Waals surface area contributed by atoms with Crippen molar-refractivity contribution in [3.63, 3.8) is 0 Å². The number of ketones is 1. The van der Waals surface area contributed by atoms with Gasteiger partial charge in [-0.15, -0.1) is 0 Å². The number of amides is 1. The molecule has 1 atom stereocenters. The van der Waals surface area contributed by atoms with E-state index in [0.717, 1.165) is 70.5 Å². The van der Waals surface area contributed by atoms with Crippen molar-refractivity contribution in [2.75, 3.05) is 26.2 Å². The number of carbonyl (C=O) groups is 2. The lowest BCUT2D eigenvalue weighted by atomic mass is 9.91. The van der Waals surface area contributed by atoms with E-state index in [1.54, 1.807) is 6.92 Å². The number of hydrogen-bond donors (Lipinski definition) is 1. The van der Waals surface area contributed by atoms with E-state index >= 15 is 0 Å². The lowest BCUT2D eigenvalue weighted by Crippen LogP contribution is -2.37. The van der Waals surface area contributed by atoms with Crippen molar-refractivity contribution in [1.82, 2.24) is 15.1 Å². The van der Waals surface area contributed by atoms with Crippen LogP contribution in [0.25, 0.3) is 0 Å². The topological polar surface area (TPSA) is 52.7 Å². The second-order valence-corrected chi connectivity index (χ2v) is 9.79. The van der Waals surface area contributed by atoms with Gasteiger partial charge in [-0.05, 0) is 68.8 Å². The quantitative estimate of drug-likeness (QED) is 0.583. The molecule has 0 radical (unpaired) electrons. The molecule has 2 aliphatic rings. The number of nitrogens with one attached hydrogen (secondary N) is 1.